The van der Waals surface area contributed by atoms with E-state index in [1.165, 1.54) is 0 Å². The molecule has 2 aromatic heterocycles. The highest BCUT2D eigenvalue weighted by Crippen LogP contribution is 2.19. The molecule has 0 spiro atoms. The van der Waals surface area contributed by atoms with Crippen LogP contribution in [0.5, 0.6) is 0 Å². The van der Waals surface area contributed by atoms with Gasteiger partial charge in [-0.2, -0.15) is 0 Å². The van der Waals surface area contributed by atoms with Gasteiger partial charge >= 0.3 is 0 Å². The van der Waals surface area contributed by atoms with Crippen LogP contribution in [0.1, 0.15) is 10.4 Å². The summed E-state index contributed by atoms with van der Waals surface area (Å²) in [5.41, 5.74) is 3.18. The molecule has 3 N–H and O–H groups in total. The van der Waals surface area contributed by atoms with Crippen LogP contribution in [0, 0.1) is 0 Å². The van der Waals surface area contributed by atoms with E-state index in [9.17, 15) is 4.79 Å². The van der Waals surface area contributed by atoms with Gasteiger partial charge < -0.3 is 16.0 Å². The van der Waals surface area contributed by atoms with Gasteiger partial charge in [0.2, 0.25) is 0 Å². The zero-order valence-electron chi connectivity index (χ0n) is 15.5. The summed E-state index contributed by atoms with van der Waals surface area (Å²) < 4.78 is 0. The van der Waals surface area contributed by atoms with Crippen molar-refractivity contribution >= 4 is 34.6 Å². The molecule has 0 radical (unpaired) electrons. The number of aromatic nitrogens is 2. The molecule has 0 aliphatic carbocycles. The van der Waals surface area contributed by atoms with E-state index in [0.717, 1.165) is 17.1 Å². The molecule has 2 heterocycles. The van der Waals surface area contributed by atoms with Gasteiger partial charge in [0.1, 0.15) is 11.6 Å². The van der Waals surface area contributed by atoms with Crippen molar-refractivity contribution in [1.82, 2.24) is 9.97 Å². The number of carbonyl (C=O) groups is 1. The molecule has 0 fully saturated rings. The molecule has 29 heavy (non-hydrogen) atoms. The molecule has 0 unspecified atom stereocenters. The van der Waals surface area contributed by atoms with Crippen LogP contribution in [-0.2, 0) is 0 Å². The molecular formula is C23H19N5O. The minimum Gasteiger partial charge on any atom is -0.355 e. The molecular weight excluding hydrogens is 362 g/mol. The molecule has 4 aromatic rings. The Morgan fingerprint density at radius 3 is 2.17 bits per heavy atom. The first-order chi connectivity index (χ1) is 14.3. The molecule has 0 bridgehead atoms. The molecule has 0 aliphatic heterocycles. The summed E-state index contributed by atoms with van der Waals surface area (Å²) in [5.74, 6) is 0.901. The topological polar surface area (TPSA) is 78.9 Å². The lowest BCUT2D eigenvalue weighted by Gasteiger charge is -2.10. The molecule has 0 saturated heterocycles. The van der Waals surface area contributed by atoms with Gasteiger partial charge in [-0.3, -0.25) is 9.78 Å². The van der Waals surface area contributed by atoms with Gasteiger partial charge in [0.15, 0.2) is 0 Å². The number of hydrogen-bond acceptors (Lipinski definition) is 5. The summed E-state index contributed by atoms with van der Waals surface area (Å²) in [6.07, 6.45) is 3.42. The minimum absolute atomic E-state index is 0.229. The zero-order chi connectivity index (χ0) is 19.9. The van der Waals surface area contributed by atoms with E-state index >= 15 is 0 Å². The van der Waals surface area contributed by atoms with Crippen LogP contribution in [0.25, 0.3) is 0 Å². The summed E-state index contributed by atoms with van der Waals surface area (Å²) in [7, 11) is 0. The van der Waals surface area contributed by atoms with Crippen molar-refractivity contribution < 1.29 is 4.79 Å². The second-order valence-electron chi connectivity index (χ2n) is 6.29. The molecule has 0 aliphatic rings. The van der Waals surface area contributed by atoms with Crippen LogP contribution in [0.4, 0.5) is 28.7 Å². The monoisotopic (exact) mass is 381 g/mol. The predicted molar refractivity (Wildman–Crippen MR) is 116 cm³/mol. The van der Waals surface area contributed by atoms with Gasteiger partial charge in [-0.1, -0.05) is 30.3 Å². The Balaban J connectivity index is 1.45. The summed E-state index contributed by atoms with van der Waals surface area (Å²) in [6.45, 7) is 0. The number of carbonyl (C=O) groups excluding carboxylic acids is 1. The van der Waals surface area contributed by atoms with Crippen LogP contribution >= 0.6 is 0 Å². The fraction of sp³-hybridized carbons (Fsp3) is 0. The SMILES string of the molecule is O=C(Nc1cccc(Nc2ccccc2)n1)c1cccc(Nc2ccncc2)c1. The van der Waals surface area contributed by atoms with Gasteiger partial charge in [-0.15, -0.1) is 0 Å². The van der Waals surface area contributed by atoms with E-state index < -0.39 is 0 Å². The van der Waals surface area contributed by atoms with Crippen molar-refractivity contribution in [2.75, 3.05) is 16.0 Å². The number of rotatable bonds is 6. The smallest absolute Gasteiger partial charge is 0.256 e. The first-order valence-electron chi connectivity index (χ1n) is 9.14. The van der Waals surface area contributed by atoms with Crippen LogP contribution in [0.3, 0.4) is 0 Å². The molecule has 2 aromatic carbocycles. The lowest BCUT2D eigenvalue weighted by atomic mass is 10.2. The van der Waals surface area contributed by atoms with Crippen molar-refractivity contribution in [2.24, 2.45) is 0 Å². The highest BCUT2D eigenvalue weighted by Gasteiger charge is 2.08. The van der Waals surface area contributed by atoms with Gasteiger partial charge in [0, 0.05) is 35.0 Å². The average Bonchev–Trinajstić information content (AvgIpc) is 2.76. The third kappa shape index (κ3) is 4.95. The summed E-state index contributed by atoms with van der Waals surface area (Å²) in [6, 6.07) is 26.2. The van der Waals surface area contributed by atoms with Crippen LogP contribution < -0.4 is 16.0 Å². The van der Waals surface area contributed by atoms with E-state index in [1.54, 1.807) is 30.6 Å². The third-order valence-corrected chi connectivity index (χ3v) is 4.13. The van der Waals surface area contributed by atoms with E-state index in [0.29, 0.717) is 17.2 Å². The maximum Gasteiger partial charge on any atom is 0.256 e. The lowest BCUT2D eigenvalue weighted by molar-refractivity contribution is 0.102. The largest absolute Gasteiger partial charge is 0.355 e. The Bertz CT molecular complexity index is 1100. The third-order valence-electron chi connectivity index (χ3n) is 4.13. The second kappa shape index (κ2) is 8.67. The van der Waals surface area contributed by atoms with Gasteiger partial charge in [0.05, 0.1) is 0 Å². The summed E-state index contributed by atoms with van der Waals surface area (Å²) in [4.78, 5) is 21.1. The first-order valence-corrected chi connectivity index (χ1v) is 9.14. The molecule has 142 valence electrons. The molecule has 6 heteroatoms. The standard InChI is InChI=1S/C23H19N5O/c29-23(17-6-4-9-20(16-17)25-19-12-14-24-15-13-19)28-22-11-5-10-21(27-22)26-18-7-2-1-3-8-18/h1-16H,(H,24,25)(H2,26,27,28,29). The minimum atomic E-state index is -0.229. The number of anilines is 5. The van der Waals surface area contributed by atoms with E-state index in [-0.39, 0.29) is 5.91 Å². The van der Waals surface area contributed by atoms with Crippen molar-refractivity contribution in [3.05, 3.63) is 103 Å². The van der Waals surface area contributed by atoms with E-state index in [1.807, 2.05) is 66.7 Å². The van der Waals surface area contributed by atoms with Gasteiger partial charge in [0.25, 0.3) is 5.91 Å². The summed E-state index contributed by atoms with van der Waals surface area (Å²) >= 11 is 0. The number of benzene rings is 2. The highest BCUT2D eigenvalue weighted by atomic mass is 16.1. The number of pyridine rings is 2. The maximum absolute atomic E-state index is 12.7. The predicted octanol–water partition coefficient (Wildman–Crippen LogP) is 5.22. The maximum atomic E-state index is 12.7. The van der Waals surface area contributed by atoms with Crippen molar-refractivity contribution in [2.45, 2.75) is 0 Å². The van der Waals surface area contributed by atoms with Gasteiger partial charge in [-0.05, 0) is 54.6 Å². The average molecular weight is 381 g/mol. The second-order valence-corrected chi connectivity index (χ2v) is 6.29. The number of hydrogen-bond donors (Lipinski definition) is 3. The van der Waals surface area contributed by atoms with Crippen molar-refractivity contribution in [3.8, 4) is 0 Å². The zero-order valence-corrected chi connectivity index (χ0v) is 15.5. The van der Waals surface area contributed by atoms with Crippen molar-refractivity contribution in [3.63, 3.8) is 0 Å². The number of nitrogens with one attached hydrogen (secondary N) is 3. The fourth-order valence-electron chi connectivity index (χ4n) is 2.77. The van der Waals surface area contributed by atoms with Crippen LogP contribution in [0.15, 0.2) is 97.3 Å². The lowest BCUT2D eigenvalue weighted by Crippen LogP contribution is -2.13. The van der Waals surface area contributed by atoms with Crippen LogP contribution in [-0.4, -0.2) is 15.9 Å². The Morgan fingerprint density at radius 1 is 0.655 bits per heavy atom. The molecule has 0 saturated carbocycles. The molecule has 4 rings (SSSR count). The normalized spacial score (nSPS) is 10.2. The summed E-state index contributed by atoms with van der Waals surface area (Å²) in [5, 5.41) is 9.32. The Hall–Kier alpha value is -4.19. The number of amides is 1. The molecule has 6 nitrogen and oxygen atoms in total. The molecule has 0 atom stereocenters. The van der Waals surface area contributed by atoms with Gasteiger partial charge in [-0.25, -0.2) is 4.98 Å². The number of nitrogens with zero attached hydrogens (tertiary/aromatic N) is 2. The fourth-order valence-corrected chi connectivity index (χ4v) is 2.77. The van der Waals surface area contributed by atoms with E-state index in [4.69, 9.17) is 0 Å². The Labute approximate surface area is 168 Å². The van der Waals surface area contributed by atoms with E-state index in [2.05, 4.69) is 25.9 Å². The molecule has 1 amide bonds. The number of para-hydroxylation sites is 1. The Morgan fingerprint density at radius 2 is 1.34 bits per heavy atom. The van der Waals surface area contributed by atoms with Crippen molar-refractivity contribution in [1.29, 1.82) is 0 Å². The Kier molecular flexibility index (Phi) is 5.43. The highest BCUT2D eigenvalue weighted by molar-refractivity contribution is 6.04. The first kappa shape index (κ1) is 18.2. The quantitative estimate of drug-likeness (QED) is 0.427. The van der Waals surface area contributed by atoms with Crippen LogP contribution in [0.2, 0.25) is 0 Å².